The van der Waals surface area contributed by atoms with Gasteiger partial charge in [-0.15, -0.1) is 11.3 Å². The summed E-state index contributed by atoms with van der Waals surface area (Å²) in [6, 6.07) is 0.681. The molecule has 1 fully saturated rings. The van der Waals surface area contributed by atoms with Gasteiger partial charge in [0.2, 0.25) is 0 Å². The molecule has 0 aliphatic carbocycles. The van der Waals surface area contributed by atoms with Gasteiger partial charge in [0.05, 0.1) is 11.2 Å². The molecular weight excluding hydrogens is 230 g/mol. The molecule has 3 nitrogen and oxygen atoms in total. The Balaban J connectivity index is 1.65. The Bertz CT molecular complexity index is 302. The summed E-state index contributed by atoms with van der Waals surface area (Å²) in [5.74, 6) is 0.787. The van der Waals surface area contributed by atoms with Crippen molar-refractivity contribution in [2.75, 3.05) is 19.6 Å². The van der Waals surface area contributed by atoms with Crippen LogP contribution < -0.4 is 5.32 Å². The molecule has 17 heavy (non-hydrogen) atoms. The van der Waals surface area contributed by atoms with Gasteiger partial charge in [-0.3, -0.25) is 0 Å². The zero-order chi connectivity index (χ0) is 12.1. The average Bonchev–Trinajstić information content (AvgIpc) is 2.80. The van der Waals surface area contributed by atoms with Crippen molar-refractivity contribution in [3.63, 3.8) is 0 Å². The van der Waals surface area contributed by atoms with Gasteiger partial charge in [0.25, 0.3) is 0 Å². The summed E-state index contributed by atoms with van der Waals surface area (Å²) in [5, 5.41) is 5.74. The van der Waals surface area contributed by atoms with E-state index < -0.39 is 0 Å². The minimum absolute atomic E-state index is 0.681. The first-order valence-electron chi connectivity index (χ1n) is 6.57. The van der Waals surface area contributed by atoms with Crippen LogP contribution in [0.2, 0.25) is 0 Å². The summed E-state index contributed by atoms with van der Waals surface area (Å²) < 4.78 is 0. The third-order valence-electron chi connectivity index (χ3n) is 3.27. The van der Waals surface area contributed by atoms with Crippen molar-refractivity contribution in [3.05, 3.63) is 16.6 Å². The molecule has 96 valence electrons. The van der Waals surface area contributed by atoms with Crippen LogP contribution in [-0.2, 0) is 6.54 Å². The zero-order valence-electron chi connectivity index (χ0n) is 10.9. The topological polar surface area (TPSA) is 28.2 Å². The highest BCUT2D eigenvalue weighted by atomic mass is 32.1. The maximum absolute atomic E-state index is 4.30. The van der Waals surface area contributed by atoms with Crippen LogP contribution in [0.5, 0.6) is 0 Å². The lowest BCUT2D eigenvalue weighted by Gasteiger charge is -2.33. The number of nitrogens with one attached hydrogen (secondary N) is 1. The number of hydrogen-bond acceptors (Lipinski definition) is 4. The highest BCUT2D eigenvalue weighted by molar-refractivity contribution is 7.07. The molecule has 0 radical (unpaired) electrons. The summed E-state index contributed by atoms with van der Waals surface area (Å²) in [4.78, 5) is 6.89. The van der Waals surface area contributed by atoms with E-state index in [1.54, 1.807) is 11.3 Å². The highest BCUT2D eigenvalue weighted by Crippen LogP contribution is 2.12. The SMILES string of the molecule is CC(C)CN1CCC(NCc2cscn2)CC1. The van der Waals surface area contributed by atoms with E-state index in [9.17, 15) is 0 Å². The highest BCUT2D eigenvalue weighted by Gasteiger charge is 2.19. The largest absolute Gasteiger partial charge is 0.308 e. The van der Waals surface area contributed by atoms with Gasteiger partial charge in [0.15, 0.2) is 0 Å². The normalized spacial score (nSPS) is 19.0. The third kappa shape index (κ3) is 4.37. The van der Waals surface area contributed by atoms with Crippen molar-refractivity contribution < 1.29 is 0 Å². The second kappa shape index (κ2) is 6.47. The minimum atomic E-state index is 0.681. The number of likely N-dealkylation sites (tertiary alicyclic amines) is 1. The molecule has 1 saturated heterocycles. The van der Waals surface area contributed by atoms with E-state index in [4.69, 9.17) is 0 Å². The van der Waals surface area contributed by atoms with Crippen molar-refractivity contribution in [2.45, 2.75) is 39.3 Å². The van der Waals surface area contributed by atoms with E-state index in [0.29, 0.717) is 6.04 Å². The standard InChI is InChI=1S/C13H23N3S/c1-11(2)8-16-5-3-12(4-6-16)14-7-13-9-17-10-15-13/h9-12,14H,3-8H2,1-2H3. The Labute approximate surface area is 108 Å². The quantitative estimate of drug-likeness (QED) is 0.873. The van der Waals surface area contributed by atoms with Crippen LogP contribution in [0.4, 0.5) is 0 Å². The summed E-state index contributed by atoms with van der Waals surface area (Å²) in [6.45, 7) is 9.26. The smallest absolute Gasteiger partial charge is 0.0795 e. The van der Waals surface area contributed by atoms with E-state index in [1.807, 2.05) is 5.51 Å². The zero-order valence-corrected chi connectivity index (χ0v) is 11.7. The Morgan fingerprint density at radius 3 is 2.82 bits per heavy atom. The molecule has 1 aliphatic heterocycles. The third-order valence-corrected chi connectivity index (χ3v) is 3.90. The molecule has 0 bridgehead atoms. The molecule has 0 amide bonds. The molecule has 0 unspecified atom stereocenters. The lowest BCUT2D eigenvalue weighted by atomic mass is 10.0. The second-order valence-electron chi connectivity index (χ2n) is 5.33. The monoisotopic (exact) mass is 253 g/mol. The number of rotatable bonds is 5. The fraction of sp³-hybridized carbons (Fsp3) is 0.769. The molecule has 1 N–H and O–H groups in total. The van der Waals surface area contributed by atoms with Crippen LogP contribution in [0.25, 0.3) is 0 Å². The molecule has 1 aliphatic rings. The van der Waals surface area contributed by atoms with Crippen molar-refractivity contribution in [1.82, 2.24) is 15.2 Å². The Hall–Kier alpha value is -0.450. The van der Waals surface area contributed by atoms with Gasteiger partial charge < -0.3 is 10.2 Å². The van der Waals surface area contributed by atoms with Crippen LogP contribution in [0.1, 0.15) is 32.4 Å². The first-order valence-corrected chi connectivity index (χ1v) is 7.51. The molecule has 0 atom stereocenters. The summed E-state index contributed by atoms with van der Waals surface area (Å²) >= 11 is 1.67. The molecule has 1 aromatic rings. The Kier molecular flexibility index (Phi) is 4.95. The number of nitrogens with zero attached hydrogens (tertiary/aromatic N) is 2. The van der Waals surface area contributed by atoms with Gasteiger partial charge in [-0.1, -0.05) is 13.8 Å². The van der Waals surface area contributed by atoms with Crippen LogP contribution in [0.3, 0.4) is 0 Å². The predicted molar refractivity (Wildman–Crippen MR) is 73.3 cm³/mol. The molecule has 4 heteroatoms. The van der Waals surface area contributed by atoms with Gasteiger partial charge in [0, 0.05) is 24.5 Å². The van der Waals surface area contributed by atoms with E-state index in [0.717, 1.165) is 12.5 Å². The van der Waals surface area contributed by atoms with E-state index in [-0.39, 0.29) is 0 Å². The number of hydrogen-bond donors (Lipinski definition) is 1. The van der Waals surface area contributed by atoms with Crippen LogP contribution >= 0.6 is 11.3 Å². The van der Waals surface area contributed by atoms with Crippen LogP contribution in [-0.4, -0.2) is 35.6 Å². The van der Waals surface area contributed by atoms with E-state index >= 15 is 0 Å². The molecule has 0 spiro atoms. The first-order chi connectivity index (χ1) is 8.24. The summed E-state index contributed by atoms with van der Waals surface area (Å²) in [6.07, 6.45) is 2.55. The number of piperidine rings is 1. The number of aromatic nitrogens is 1. The molecule has 0 aromatic carbocycles. The first kappa shape index (κ1) is 13.0. The van der Waals surface area contributed by atoms with Crippen LogP contribution in [0, 0.1) is 5.92 Å². The fourth-order valence-corrected chi connectivity index (χ4v) is 2.97. The maximum Gasteiger partial charge on any atom is 0.0795 e. The molecular formula is C13H23N3S. The molecule has 2 rings (SSSR count). The fourth-order valence-electron chi connectivity index (χ4n) is 2.41. The van der Waals surface area contributed by atoms with Crippen molar-refractivity contribution in [1.29, 1.82) is 0 Å². The average molecular weight is 253 g/mol. The van der Waals surface area contributed by atoms with Gasteiger partial charge in [-0.2, -0.15) is 0 Å². The maximum atomic E-state index is 4.30. The van der Waals surface area contributed by atoms with Crippen molar-refractivity contribution in [2.24, 2.45) is 5.92 Å². The van der Waals surface area contributed by atoms with E-state index in [2.05, 4.69) is 34.4 Å². The summed E-state index contributed by atoms with van der Waals surface area (Å²) in [7, 11) is 0. The minimum Gasteiger partial charge on any atom is -0.308 e. The summed E-state index contributed by atoms with van der Waals surface area (Å²) in [5.41, 5.74) is 3.09. The second-order valence-corrected chi connectivity index (χ2v) is 6.05. The van der Waals surface area contributed by atoms with Crippen LogP contribution in [0.15, 0.2) is 10.9 Å². The van der Waals surface area contributed by atoms with E-state index in [1.165, 1.54) is 38.2 Å². The van der Waals surface area contributed by atoms with Crippen molar-refractivity contribution in [3.8, 4) is 0 Å². The molecule has 1 aromatic heterocycles. The van der Waals surface area contributed by atoms with Gasteiger partial charge in [-0.05, 0) is 31.8 Å². The van der Waals surface area contributed by atoms with Crippen molar-refractivity contribution >= 4 is 11.3 Å². The Morgan fingerprint density at radius 1 is 1.47 bits per heavy atom. The van der Waals surface area contributed by atoms with Gasteiger partial charge in [-0.25, -0.2) is 4.98 Å². The molecule has 2 heterocycles. The molecule has 0 saturated carbocycles. The Morgan fingerprint density at radius 2 is 2.24 bits per heavy atom. The van der Waals surface area contributed by atoms with Gasteiger partial charge >= 0.3 is 0 Å². The number of thiazole rings is 1. The lowest BCUT2D eigenvalue weighted by Crippen LogP contribution is -2.43. The van der Waals surface area contributed by atoms with Gasteiger partial charge in [0.1, 0.15) is 0 Å². The predicted octanol–water partition coefficient (Wildman–Crippen LogP) is 2.35. The lowest BCUT2D eigenvalue weighted by molar-refractivity contribution is 0.179.